The van der Waals surface area contributed by atoms with E-state index in [1.54, 1.807) is 30.3 Å². The largest absolute Gasteiger partial charge is 0.337 e. The van der Waals surface area contributed by atoms with Crippen LogP contribution in [-0.2, 0) is 0 Å². The summed E-state index contributed by atoms with van der Waals surface area (Å²) in [5.74, 6) is -10.3. The highest BCUT2D eigenvalue weighted by Gasteiger charge is 2.31. The Bertz CT molecular complexity index is 1120. The first-order valence-electron chi connectivity index (χ1n) is 11.8. The van der Waals surface area contributed by atoms with Crippen molar-refractivity contribution in [3.63, 3.8) is 0 Å². The molecule has 0 aliphatic rings. The first kappa shape index (κ1) is 26.9. The molecule has 0 spiro atoms. The zero-order valence-electron chi connectivity index (χ0n) is 20.1. The van der Waals surface area contributed by atoms with Gasteiger partial charge in [0.05, 0.1) is 8.07 Å². The molecule has 0 amide bonds. The molecule has 8 heteroatoms. The Labute approximate surface area is 203 Å². The molecule has 3 aromatic carbocycles. The highest BCUT2D eigenvalue weighted by molar-refractivity contribution is 6.79. The number of hydrogen-bond acceptors (Lipinski definition) is 1. The molecule has 3 rings (SSSR count). The highest BCUT2D eigenvalue weighted by Crippen LogP contribution is 2.37. The first-order valence-corrected chi connectivity index (χ1v) is 14.7. The summed E-state index contributed by atoms with van der Waals surface area (Å²) in [6, 6.07) is 16.3. The van der Waals surface area contributed by atoms with Crippen LogP contribution in [-0.4, -0.2) is 14.6 Å². The van der Waals surface area contributed by atoms with Crippen LogP contribution in [0.5, 0.6) is 0 Å². The van der Waals surface area contributed by atoms with Gasteiger partial charge in [-0.3, -0.25) is 0 Å². The molecular weight excluding hydrogens is 480 g/mol. The SMILES string of the molecule is CC[Si](CC)(CC)CCCN(c1ccc(-c2ccccc2F)cc1)c1c(F)c(F)c(F)c(F)c1F. The molecule has 0 bridgehead atoms. The number of benzene rings is 3. The zero-order chi connectivity index (χ0) is 25.8. The van der Waals surface area contributed by atoms with Crippen LogP contribution in [0, 0.1) is 34.9 Å². The fraction of sp³-hybridized carbons (Fsp3) is 0.333. The number of rotatable bonds is 10. The fourth-order valence-electron chi connectivity index (χ4n) is 4.61. The number of nitrogens with zero attached hydrogens (tertiary/aromatic N) is 1. The van der Waals surface area contributed by atoms with Crippen LogP contribution in [0.4, 0.5) is 37.7 Å². The standard InChI is InChI=1S/C27H29F6NSi/c1-4-35(5-2,6-3)17-9-16-34(27-25(32)23(30)22(29)24(31)26(27)33)19-14-12-18(13-15-19)20-10-7-8-11-21(20)28/h7-8,10-15H,4-6,9,16-17H2,1-3H3. The van der Waals surface area contributed by atoms with Gasteiger partial charge in [0.15, 0.2) is 23.3 Å². The molecule has 0 saturated carbocycles. The van der Waals surface area contributed by atoms with Crippen LogP contribution in [0.3, 0.4) is 0 Å². The topological polar surface area (TPSA) is 3.24 Å². The van der Waals surface area contributed by atoms with Crippen molar-refractivity contribution in [3.8, 4) is 11.1 Å². The van der Waals surface area contributed by atoms with Gasteiger partial charge in [-0.2, -0.15) is 0 Å². The lowest BCUT2D eigenvalue weighted by Crippen LogP contribution is -2.32. The van der Waals surface area contributed by atoms with Crippen LogP contribution in [0.2, 0.25) is 24.2 Å². The van der Waals surface area contributed by atoms with Crippen molar-refractivity contribution in [1.82, 2.24) is 0 Å². The van der Waals surface area contributed by atoms with Gasteiger partial charge in [0.25, 0.3) is 0 Å². The van der Waals surface area contributed by atoms with E-state index in [0.717, 1.165) is 29.1 Å². The molecule has 0 heterocycles. The number of anilines is 2. The van der Waals surface area contributed by atoms with Crippen LogP contribution < -0.4 is 4.90 Å². The van der Waals surface area contributed by atoms with E-state index >= 15 is 0 Å². The van der Waals surface area contributed by atoms with Crippen LogP contribution in [0.15, 0.2) is 48.5 Å². The van der Waals surface area contributed by atoms with Crippen molar-refractivity contribution in [2.45, 2.75) is 51.4 Å². The molecule has 0 radical (unpaired) electrons. The Balaban J connectivity index is 2.04. The second-order valence-electron chi connectivity index (χ2n) is 8.76. The van der Waals surface area contributed by atoms with Gasteiger partial charge in [-0.15, -0.1) is 0 Å². The summed E-state index contributed by atoms with van der Waals surface area (Å²) in [4.78, 5) is 1.14. The maximum atomic E-state index is 14.8. The summed E-state index contributed by atoms with van der Waals surface area (Å²) in [7, 11) is -1.57. The van der Waals surface area contributed by atoms with Gasteiger partial charge in [-0.05, 0) is 30.2 Å². The molecule has 0 unspecified atom stereocenters. The van der Waals surface area contributed by atoms with Crippen molar-refractivity contribution in [3.05, 3.63) is 83.4 Å². The molecular formula is C27H29F6NSi. The molecule has 0 saturated heterocycles. The Morgan fingerprint density at radius 1 is 0.657 bits per heavy atom. The van der Waals surface area contributed by atoms with Gasteiger partial charge < -0.3 is 4.90 Å². The second-order valence-corrected chi connectivity index (χ2v) is 14.4. The smallest absolute Gasteiger partial charge is 0.200 e. The normalized spacial score (nSPS) is 11.7. The van der Waals surface area contributed by atoms with Crippen molar-refractivity contribution < 1.29 is 26.3 Å². The molecule has 0 aliphatic heterocycles. The van der Waals surface area contributed by atoms with E-state index in [2.05, 4.69) is 20.8 Å². The third-order valence-electron chi connectivity index (χ3n) is 7.16. The lowest BCUT2D eigenvalue weighted by atomic mass is 10.0. The van der Waals surface area contributed by atoms with E-state index in [9.17, 15) is 26.3 Å². The zero-order valence-corrected chi connectivity index (χ0v) is 21.1. The molecule has 1 nitrogen and oxygen atoms in total. The fourth-order valence-corrected chi connectivity index (χ4v) is 8.08. The summed E-state index contributed by atoms with van der Waals surface area (Å²) in [6.07, 6.45) is 0.538. The molecule has 0 fully saturated rings. The minimum absolute atomic E-state index is 0.0755. The third kappa shape index (κ3) is 5.42. The maximum Gasteiger partial charge on any atom is 0.200 e. The summed E-state index contributed by atoms with van der Waals surface area (Å²) in [5.41, 5.74) is 0.145. The minimum atomic E-state index is -2.19. The molecule has 0 aliphatic carbocycles. The minimum Gasteiger partial charge on any atom is -0.337 e. The van der Waals surface area contributed by atoms with E-state index in [4.69, 9.17) is 0 Å². The van der Waals surface area contributed by atoms with E-state index in [-0.39, 0.29) is 12.2 Å². The summed E-state index contributed by atoms with van der Waals surface area (Å²) < 4.78 is 85.6. The molecule has 188 valence electrons. The summed E-state index contributed by atoms with van der Waals surface area (Å²) in [6.45, 7) is 6.50. The lowest BCUT2D eigenvalue weighted by Gasteiger charge is -2.31. The Morgan fingerprint density at radius 2 is 1.17 bits per heavy atom. The van der Waals surface area contributed by atoms with Crippen LogP contribution >= 0.6 is 0 Å². The Kier molecular flexibility index (Phi) is 8.69. The average Bonchev–Trinajstić information content (AvgIpc) is 2.88. The van der Waals surface area contributed by atoms with Crippen molar-refractivity contribution in [2.24, 2.45) is 0 Å². The predicted octanol–water partition coefficient (Wildman–Crippen LogP) is 9.22. The van der Waals surface area contributed by atoms with Crippen LogP contribution in [0.25, 0.3) is 11.1 Å². The maximum absolute atomic E-state index is 14.8. The van der Waals surface area contributed by atoms with E-state index in [0.29, 0.717) is 17.5 Å². The first-order chi connectivity index (χ1) is 16.7. The predicted molar refractivity (Wildman–Crippen MR) is 132 cm³/mol. The van der Waals surface area contributed by atoms with Gasteiger partial charge in [-0.25, -0.2) is 26.3 Å². The highest BCUT2D eigenvalue weighted by atomic mass is 28.3. The van der Waals surface area contributed by atoms with E-state index in [1.165, 1.54) is 18.2 Å². The second kappa shape index (κ2) is 11.3. The Morgan fingerprint density at radius 3 is 1.69 bits per heavy atom. The quantitative estimate of drug-likeness (QED) is 0.114. The van der Waals surface area contributed by atoms with Gasteiger partial charge in [0, 0.05) is 17.8 Å². The number of hydrogen-bond donors (Lipinski definition) is 0. The average molecular weight is 510 g/mol. The van der Waals surface area contributed by atoms with Gasteiger partial charge in [0.1, 0.15) is 11.5 Å². The van der Waals surface area contributed by atoms with Gasteiger partial charge >= 0.3 is 0 Å². The van der Waals surface area contributed by atoms with Crippen LogP contribution in [0.1, 0.15) is 27.2 Å². The molecule has 35 heavy (non-hydrogen) atoms. The van der Waals surface area contributed by atoms with Crippen molar-refractivity contribution >= 4 is 19.4 Å². The van der Waals surface area contributed by atoms with Crippen molar-refractivity contribution in [2.75, 3.05) is 11.4 Å². The molecule has 3 aromatic rings. The van der Waals surface area contributed by atoms with Gasteiger partial charge in [-0.1, -0.05) is 75.3 Å². The molecule has 0 aromatic heterocycles. The molecule has 0 atom stereocenters. The number of halogens is 6. The summed E-state index contributed by atoms with van der Waals surface area (Å²) >= 11 is 0. The molecule has 0 N–H and O–H groups in total. The van der Waals surface area contributed by atoms with E-state index in [1.807, 2.05) is 0 Å². The Hall–Kier alpha value is -2.74. The van der Waals surface area contributed by atoms with Gasteiger partial charge in [0.2, 0.25) is 5.82 Å². The summed E-state index contributed by atoms with van der Waals surface area (Å²) in [5, 5.41) is 0. The van der Waals surface area contributed by atoms with Crippen molar-refractivity contribution in [1.29, 1.82) is 0 Å². The monoisotopic (exact) mass is 509 g/mol. The lowest BCUT2D eigenvalue weighted by molar-refractivity contribution is 0.379. The van der Waals surface area contributed by atoms with E-state index < -0.39 is 48.7 Å². The third-order valence-corrected chi connectivity index (χ3v) is 13.1.